The molecule has 76 valence electrons. The van der Waals surface area contributed by atoms with Gasteiger partial charge >= 0.3 is 90.1 Å². The summed E-state index contributed by atoms with van der Waals surface area (Å²) in [6.07, 6.45) is 1.85. The van der Waals surface area contributed by atoms with Gasteiger partial charge in [-0.1, -0.05) is 0 Å². The fraction of sp³-hybridized carbons (Fsp3) is 0.111. The summed E-state index contributed by atoms with van der Waals surface area (Å²) in [7, 11) is -3.55. The first-order valence-corrected chi connectivity index (χ1v) is 7.52. The Hall–Kier alpha value is -0.611. The molecule has 0 heterocycles. The molecular weight excluding hydrogens is 265 g/mol. The zero-order chi connectivity index (χ0) is 10.6. The van der Waals surface area contributed by atoms with E-state index in [1.54, 1.807) is 12.1 Å². The van der Waals surface area contributed by atoms with Crippen LogP contribution in [-0.4, -0.2) is 23.4 Å². The second-order valence-electron chi connectivity index (χ2n) is 2.62. The third-order valence-electron chi connectivity index (χ3n) is 1.52. The molecule has 5 heteroatoms. The fourth-order valence-electron chi connectivity index (χ4n) is 0.881. The topological polar surface area (TPSA) is 60.2 Å². The summed E-state index contributed by atoms with van der Waals surface area (Å²) in [6, 6.07) is 6.66. The molecule has 0 aliphatic carbocycles. The Morgan fingerprint density at radius 1 is 1.36 bits per heavy atom. The van der Waals surface area contributed by atoms with Crippen LogP contribution in [0.5, 0.6) is 0 Å². The van der Waals surface area contributed by atoms with Gasteiger partial charge in [-0.25, -0.2) is 0 Å². The van der Waals surface area contributed by atoms with Crippen molar-refractivity contribution in [3.63, 3.8) is 0 Å². The predicted octanol–water partition coefficient (Wildman–Crippen LogP) is 0.268. The van der Waals surface area contributed by atoms with Gasteiger partial charge in [-0.05, 0) is 0 Å². The second kappa shape index (κ2) is 4.75. The number of sulfonamides is 1. The molecule has 0 aliphatic rings. The molecule has 0 unspecified atom stereocenters. The van der Waals surface area contributed by atoms with Gasteiger partial charge in [0.15, 0.2) is 0 Å². The Morgan fingerprint density at radius 3 is 2.36 bits per heavy atom. The molecule has 0 saturated carbocycles. The third-order valence-corrected chi connectivity index (χ3v) is 4.56. The van der Waals surface area contributed by atoms with Crippen LogP contribution in [0.4, 0.5) is 0 Å². The number of allylic oxidation sites excluding steroid dienone is 1. The Balaban J connectivity index is 2.84. The standard InChI is InChI=1S/C9H11NO2SSe/c1-2-7-14-9-5-3-8(4-6-9)13(10,11)12/h2-6H,1,7H2,(H2,10,11,12). The van der Waals surface area contributed by atoms with Crippen molar-refractivity contribution in [1.82, 2.24) is 0 Å². The van der Waals surface area contributed by atoms with E-state index in [0.717, 1.165) is 9.78 Å². The monoisotopic (exact) mass is 277 g/mol. The van der Waals surface area contributed by atoms with E-state index in [1.165, 1.54) is 12.1 Å². The summed E-state index contributed by atoms with van der Waals surface area (Å²) in [5.74, 6) is 0. The molecule has 0 bridgehead atoms. The van der Waals surface area contributed by atoms with Crippen LogP contribution in [0.1, 0.15) is 0 Å². The van der Waals surface area contributed by atoms with Gasteiger partial charge in [0, 0.05) is 0 Å². The summed E-state index contributed by atoms with van der Waals surface area (Å²) in [5, 5.41) is 5.91. The molecule has 2 N–H and O–H groups in total. The first kappa shape index (κ1) is 11.5. The van der Waals surface area contributed by atoms with E-state index in [2.05, 4.69) is 6.58 Å². The van der Waals surface area contributed by atoms with Gasteiger partial charge in [0.2, 0.25) is 0 Å². The summed E-state index contributed by atoms with van der Waals surface area (Å²) >= 11 is 0.332. The summed E-state index contributed by atoms with van der Waals surface area (Å²) in [6.45, 7) is 3.63. The Bertz CT molecular complexity index is 411. The molecular formula is C9H11NO2SSe. The number of hydrogen-bond donors (Lipinski definition) is 1. The number of rotatable bonds is 4. The van der Waals surface area contributed by atoms with Gasteiger partial charge in [0.05, 0.1) is 0 Å². The number of hydrogen-bond acceptors (Lipinski definition) is 2. The van der Waals surface area contributed by atoms with Crippen LogP contribution in [-0.2, 0) is 10.0 Å². The number of benzene rings is 1. The molecule has 0 atom stereocenters. The Kier molecular flexibility index (Phi) is 3.89. The summed E-state index contributed by atoms with van der Waals surface area (Å²) < 4.78 is 23.0. The van der Waals surface area contributed by atoms with E-state index in [-0.39, 0.29) is 4.90 Å². The molecule has 1 aromatic carbocycles. The Labute approximate surface area is 90.2 Å². The molecule has 0 radical (unpaired) electrons. The predicted molar refractivity (Wildman–Crippen MR) is 58.2 cm³/mol. The van der Waals surface area contributed by atoms with Gasteiger partial charge < -0.3 is 0 Å². The van der Waals surface area contributed by atoms with Crippen LogP contribution in [0.25, 0.3) is 0 Å². The molecule has 0 aromatic heterocycles. The van der Waals surface area contributed by atoms with E-state index in [0.29, 0.717) is 15.0 Å². The van der Waals surface area contributed by atoms with Crippen LogP contribution in [0, 0.1) is 0 Å². The quantitative estimate of drug-likeness (QED) is 0.634. The van der Waals surface area contributed by atoms with Crippen molar-refractivity contribution < 1.29 is 8.42 Å². The van der Waals surface area contributed by atoms with Gasteiger partial charge in [-0.15, -0.1) is 0 Å². The van der Waals surface area contributed by atoms with Gasteiger partial charge in [0.1, 0.15) is 0 Å². The summed E-state index contributed by atoms with van der Waals surface area (Å²) in [4.78, 5) is 0.163. The third kappa shape index (κ3) is 3.27. The van der Waals surface area contributed by atoms with E-state index >= 15 is 0 Å². The molecule has 3 nitrogen and oxygen atoms in total. The molecule has 0 fully saturated rings. The van der Waals surface area contributed by atoms with E-state index in [4.69, 9.17) is 5.14 Å². The van der Waals surface area contributed by atoms with E-state index in [9.17, 15) is 8.42 Å². The first-order valence-electron chi connectivity index (χ1n) is 3.90. The fourth-order valence-corrected chi connectivity index (χ4v) is 2.74. The second-order valence-corrected chi connectivity index (χ2v) is 6.47. The Morgan fingerprint density at radius 2 is 1.93 bits per heavy atom. The van der Waals surface area contributed by atoms with Crippen molar-refractivity contribution in [3.05, 3.63) is 36.9 Å². The SMILES string of the molecule is C=CC[Se]c1ccc(S(N)(=O)=O)cc1. The number of nitrogens with two attached hydrogens (primary N) is 1. The number of primary sulfonamides is 1. The molecule has 14 heavy (non-hydrogen) atoms. The average Bonchev–Trinajstić information content (AvgIpc) is 2.14. The average molecular weight is 276 g/mol. The first-order chi connectivity index (χ1) is 6.54. The minimum absolute atomic E-state index is 0.163. The molecule has 1 aromatic rings. The van der Waals surface area contributed by atoms with Crippen molar-refractivity contribution in [3.8, 4) is 0 Å². The van der Waals surface area contributed by atoms with Crippen LogP contribution in [0.15, 0.2) is 41.8 Å². The van der Waals surface area contributed by atoms with Crippen molar-refractivity contribution in [1.29, 1.82) is 0 Å². The maximum absolute atomic E-state index is 10.9. The van der Waals surface area contributed by atoms with Gasteiger partial charge in [-0.3, -0.25) is 0 Å². The molecule has 0 aliphatic heterocycles. The van der Waals surface area contributed by atoms with Gasteiger partial charge in [0.25, 0.3) is 0 Å². The molecule has 0 amide bonds. The normalized spacial score (nSPS) is 11.2. The van der Waals surface area contributed by atoms with Crippen LogP contribution in [0.3, 0.4) is 0 Å². The van der Waals surface area contributed by atoms with E-state index in [1.807, 2.05) is 6.08 Å². The van der Waals surface area contributed by atoms with Crippen molar-refractivity contribution in [2.24, 2.45) is 5.14 Å². The zero-order valence-corrected chi connectivity index (χ0v) is 10.0. The van der Waals surface area contributed by atoms with E-state index < -0.39 is 10.0 Å². The maximum atomic E-state index is 10.9. The van der Waals surface area contributed by atoms with Crippen molar-refractivity contribution in [2.75, 3.05) is 0 Å². The summed E-state index contributed by atoms with van der Waals surface area (Å²) in [5.41, 5.74) is 0. The molecule has 0 saturated heterocycles. The minimum atomic E-state index is -3.55. The van der Waals surface area contributed by atoms with Crippen molar-refractivity contribution in [2.45, 2.75) is 10.2 Å². The zero-order valence-electron chi connectivity index (χ0n) is 7.51. The van der Waals surface area contributed by atoms with Crippen molar-refractivity contribution >= 4 is 29.4 Å². The van der Waals surface area contributed by atoms with Crippen LogP contribution in [0.2, 0.25) is 5.32 Å². The van der Waals surface area contributed by atoms with Crippen LogP contribution < -0.4 is 9.60 Å². The van der Waals surface area contributed by atoms with Crippen LogP contribution >= 0.6 is 0 Å². The van der Waals surface area contributed by atoms with Gasteiger partial charge in [-0.2, -0.15) is 0 Å². The molecule has 0 spiro atoms. The molecule has 1 rings (SSSR count).